The minimum Gasteiger partial charge on any atom is -0.383 e. The maximum atomic E-state index is 13.3. The monoisotopic (exact) mass is 377 g/mol. The van der Waals surface area contributed by atoms with E-state index in [1.54, 1.807) is 0 Å². The molecule has 0 fully saturated rings. The van der Waals surface area contributed by atoms with E-state index in [1.165, 1.54) is 17.8 Å². The highest BCUT2D eigenvalue weighted by molar-refractivity contribution is 8.00. The van der Waals surface area contributed by atoms with Crippen molar-refractivity contribution >= 4 is 29.2 Å². The highest BCUT2D eigenvalue weighted by Gasteiger charge is 2.33. The first-order chi connectivity index (χ1) is 13.0. The number of nitrogens with two attached hydrogens (primary N) is 1. The molecule has 1 amide bonds. The fourth-order valence-corrected chi connectivity index (χ4v) is 4.21. The van der Waals surface area contributed by atoms with Crippen molar-refractivity contribution in [3.05, 3.63) is 47.0 Å². The lowest BCUT2D eigenvalue weighted by Gasteiger charge is -2.26. The maximum absolute atomic E-state index is 13.3. The molecule has 2 heterocycles. The number of para-hydroxylation sites is 1. The zero-order valence-electron chi connectivity index (χ0n) is 15.1. The first kappa shape index (κ1) is 18.8. The van der Waals surface area contributed by atoms with Gasteiger partial charge in [-0.15, -0.1) is 0 Å². The van der Waals surface area contributed by atoms with Gasteiger partial charge in [0.05, 0.1) is 16.4 Å². The number of amides is 1. The highest BCUT2D eigenvalue weighted by atomic mass is 32.2. The fourth-order valence-electron chi connectivity index (χ4n) is 3.08. The van der Waals surface area contributed by atoms with E-state index in [1.807, 2.05) is 49.1 Å². The molecule has 0 saturated carbocycles. The number of benzene rings is 1. The molecule has 1 aliphatic heterocycles. The van der Waals surface area contributed by atoms with Crippen molar-refractivity contribution in [2.45, 2.75) is 30.5 Å². The Morgan fingerprint density at radius 1 is 1.26 bits per heavy atom. The summed E-state index contributed by atoms with van der Waals surface area (Å²) in [5.41, 5.74) is 8.35. The molecule has 1 unspecified atom stereocenters. The molecule has 0 aliphatic carbocycles. The van der Waals surface area contributed by atoms with Gasteiger partial charge in [-0.2, -0.15) is 10.5 Å². The number of hydrogen-bond acceptors (Lipinski definition) is 6. The Morgan fingerprint density at radius 2 is 1.96 bits per heavy atom. The van der Waals surface area contributed by atoms with Crippen LogP contribution in [0.1, 0.15) is 30.5 Å². The van der Waals surface area contributed by atoms with Crippen molar-refractivity contribution in [2.24, 2.45) is 5.92 Å². The molecule has 0 saturated heterocycles. The van der Waals surface area contributed by atoms with Crippen molar-refractivity contribution in [1.82, 2.24) is 4.98 Å². The van der Waals surface area contributed by atoms with Crippen molar-refractivity contribution in [2.75, 3.05) is 17.2 Å². The summed E-state index contributed by atoms with van der Waals surface area (Å²) < 4.78 is 0. The molecule has 0 radical (unpaired) electrons. The van der Waals surface area contributed by atoms with Crippen LogP contribution in [0, 0.1) is 28.6 Å². The van der Waals surface area contributed by atoms with Gasteiger partial charge in [-0.05, 0) is 30.0 Å². The second-order valence-electron chi connectivity index (χ2n) is 6.65. The van der Waals surface area contributed by atoms with Crippen molar-refractivity contribution in [3.8, 4) is 12.1 Å². The molecule has 136 valence electrons. The number of carbonyl (C=O) groups excluding carboxylic acids is 1. The number of aromatic nitrogens is 1. The minimum absolute atomic E-state index is 0.00595. The number of nitriles is 2. The van der Waals surface area contributed by atoms with Crippen molar-refractivity contribution in [1.29, 1.82) is 10.5 Å². The highest BCUT2D eigenvalue weighted by Crippen LogP contribution is 2.35. The number of thioether (sulfide) groups is 1. The largest absolute Gasteiger partial charge is 0.383 e. The predicted molar refractivity (Wildman–Crippen MR) is 105 cm³/mol. The van der Waals surface area contributed by atoms with Crippen molar-refractivity contribution in [3.63, 3.8) is 0 Å². The smallest absolute Gasteiger partial charge is 0.240 e. The third-order valence-electron chi connectivity index (χ3n) is 4.50. The Morgan fingerprint density at radius 3 is 2.63 bits per heavy atom. The van der Waals surface area contributed by atoms with Gasteiger partial charge in [0.1, 0.15) is 23.0 Å². The van der Waals surface area contributed by atoms with Gasteiger partial charge in [0.15, 0.2) is 0 Å². The normalized spacial score (nSPS) is 13.7. The van der Waals surface area contributed by atoms with E-state index in [0.717, 1.165) is 17.7 Å². The van der Waals surface area contributed by atoms with Crippen LogP contribution in [0.3, 0.4) is 0 Å². The van der Waals surface area contributed by atoms with Crippen LogP contribution < -0.4 is 10.6 Å². The molecule has 0 spiro atoms. The van der Waals surface area contributed by atoms with E-state index in [9.17, 15) is 10.1 Å². The first-order valence-electron chi connectivity index (χ1n) is 8.63. The Balaban J connectivity index is 1.92. The molecule has 2 aromatic rings. The number of carbonyl (C=O) groups is 1. The van der Waals surface area contributed by atoms with Crippen LogP contribution in [0.5, 0.6) is 0 Å². The average molecular weight is 377 g/mol. The van der Waals surface area contributed by atoms with Crippen LogP contribution >= 0.6 is 11.8 Å². The summed E-state index contributed by atoms with van der Waals surface area (Å²) in [4.78, 5) is 19.3. The quantitative estimate of drug-likeness (QED) is 0.821. The molecule has 0 bridgehead atoms. The summed E-state index contributed by atoms with van der Waals surface area (Å²) in [5, 5.41) is 18.5. The lowest BCUT2D eigenvalue weighted by Crippen LogP contribution is -2.39. The van der Waals surface area contributed by atoms with Gasteiger partial charge in [0.2, 0.25) is 5.91 Å². The second-order valence-corrected chi connectivity index (χ2v) is 7.78. The maximum Gasteiger partial charge on any atom is 0.240 e. The molecule has 6 nitrogen and oxygen atoms in total. The van der Waals surface area contributed by atoms with Crippen LogP contribution in [-0.2, 0) is 11.2 Å². The van der Waals surface area contributed by atoms with Gasteiger partial charge in [0.25, 0.3) is 0 Å². The van der Waals surface area contributed by atoms with Gasteiger partial charge >= 0.3 is 0 Å². The van der Waals surface area contributed by atoms with E-state index in [2.05, 4.69) is 11.1 Å². The van der Waals surface area contributed by atoms with Gasteiger partial charge in [-0.3, -0.25) is 4.79 Å². The third kappa shape index (κ3) is 3.60. The number of hydrogen-bond donors (Lipinski definition) is 1. The lowest BCUT2D eigenvalue weighted by molar-refractivity contribution is -0.118. The Hall–Kier alpha value is -3.03. The number of nitrogen functional groups attached to an aromatic ring is 1. The van der Waals surface area contributed by atoms with Crippen LogP contribution in [-0.4, -0.2) is 22.7 Å². The molecule has 3 rings (SSSR count). The van der Waals surface area contributed by atoms with E-state index >= 15 is 0 Å². The SMILES string of the molecule is CC(C)C(Sc1nc(N)c(C#N)cc1C#N)C(=O)N1CCc2ccccc21. The standard InChI is InChI=1S/C20H19N5OS/c1-12(2)17(20(26)25-8-7-13-5-3-4-6-16(13)25)27-19-15(11-22)9-14(10-21)18(23)24-19/h3-6,9,12,17H,7-8H2,1-2H3,(H2,23,24). The predicted octanol–water partition coefficient (Wildman–Crippen LogP) is 3.11. The lowest BCUT2D eigenvalue weighted by atomic mass is 10.1. The summed E-state index contributed by atoms with van der Waals surface area (Å²) >= 11 is 1.24. The third-order valence-corrected chi connectivity index (χ3v) is 6.03. The number of fused-ring (bicyclic) bond motifs is 1. The number of pyridine rings is 1. The summed E-state index contributed by atoms with van der Waals surface area (Å²) in [7, 11) is 0. The summed E-state index contributed by atoms with van der Waals surface area (Å²) in [5.74, 6) is 0.0921. The zero-order valence-corrected chi connectivity index (χ0v) is 16.0. The van der Waals surface area contributed by atoms with Gasteiger partial charge in [-0.25, -0.2) is 4.98 Å². The van der Waals surface area contributed by atoms with Gasteiger partial charge in [-0.1, -0.05) is 43.8 Å². The molecule has 1 aliphatic rings. The Labute approximate surface area is 162 Å². The van der Waals surface area contributed by atoms with E-state index in [-0.39, 0.29) is 28.8 Å². The molecule has 1 aromatic carbocycles. The van der Waals surface area contributed by atoms with Gasteiger partial charge in [0, 0.05) is 12.2 Å². The number of anilines is 2. The van der Waals surface area contributed by atoms with Crippen molar-refractivity contribution < 1.29 is 4.79 Å². The molecule has 27 heavy (non-hydrogen) atoms. The molecular formula is C20H19N5OS. The number of rotatable bonds is 4. The Bertz CT molecular complexity index is 973. The molecule has 7 heteroatoms. The number of nitrogens with zero attached hydrogens (tertiary/aromatic N) is 4. The second kappa shape index (κ2) is 7.69. The summed E-state index contributed by atoms with van der Waals surface area (Å²) in [6.07, 6.45) is 0.836. The van der Waals surface area contributed by atoms with Crippen LogP contribution in [0.15, 0.2) is 35.4 Å². The first-order valence-corrected chi connectivity index (χ1v) is 9.51. The van der Waals surface area contributed by atoms with Gasteiger partial charge < -0.3 is 10.6 Å². The zero-order chi connectivity index (χ0) is 19.6. The molecule has 1 atom stereocenters. The van der Waals surface area contributed by atoms with E-state index in [0.29, 0.717) is 11.6 Å². The van der Waals surface area contributed by atoms with Crippen LogP contribution in [0.4, 0.5) is 11.5 Å². The topological polar surface area (TPSA) is 107 Å². The van der Waals surface area contributed by atoms with E-state index in [4.69, 9.17) is 11.0 Å². The molecule has 1 aromatic heterocycles. The minimum atomic E-state index is -0.414. The molecular weight excluding hydrogens is 358 g/mol. The Kier molecular flexibility index (Phi) is 5.34. The molecule has 2 N–H and O–H groups in total. The summed E-state index contributed by atoms with van der Waals surface area (Å²) in [6.45, 7) is 4.59. The summed E-state index contributed by atoms with van der Waals surface area (Å²) in [6, 6.07) is 13.3. The van der Waals surface area contributed by atoms with E-state index < -0.39 is 5.25 Å². The average Bonchev–Trinajstić information content (AvgIpc) is 3.09. The van der Waals surface area contributed by atoms with Crippen LogP contribution in [0.2, 0.25) is 0 Å². The van der Waals surface area contributed by atoms with Crippen LogP contribution in [0.25, 0.3) is 0 Å². The fraction of sp³-hybridized carbons (Fsp3) is 0.300.